The van der Waals surface area contributed by atoms with E-state index in [-0.39, 0.29) is 18.5 Å². The lowest BCUT2D eigenvalue weighted by atomic mass is 10.0. The first-order valence-corrected chi connectivity index (χ1v) is 12.9. The summed E-state index contributed by atoms with van der Waals surface area (Å²) in [6.45, 7) is 0.855. The molecule has 1 amide bonds. The first kappa shape index (κ1) is 22.9. The predicted octanol–water partition coefficient (Wildman–Crippen LogP) is 3.48. The Kier molecular flexibility index (Phi) is 7.05. The molecule has 1 fully saturated rings. The zero-order chi connectivity index (χ0) is 23.3. The number of benzene rings is 2. The quantitative estimate of drug-likeness (QED) is 0.543. The van der Waals surface area contributed by atoms with Crippen LogP contribution in [0.25, 0.3) is 23.0 Å². The number of nitrogens with one attached hydrogen (secondary N) is 1. The smallest absolute Gasteiger partial charge is 0.246 e. The standard InChI is InChI=1S/C25H28N4O3S/c1-33(31,32)26-18-23-14-8-9-17-28(23)24(30)16-15-21-19-29(22-12-6-3-7-13-22)27-25(21)20-10-4-2-5-11-20/h2-7,10-13,15-16,19,23,26H,8-9,14,17-18H2,1H3/b16-15+. The molecule has 0 bridgehead atoms. The lowest BCUT2D eigenvalue weighted by Gasteiger charge is -2.35. The fourth-order valence-corrected chi connectivity index (χ4v) is 4.55. The summed E-state index contributed by atoms with van der Waals surface area (Å²) >= 11 is 0. The fourth-order valence-electron chi connectivity index (χ4n) is 4.05. The summed E-state index contributed by atoms with van der Waals surface area (Å²) < 4.78 is 27.4. The van der Waals surface area contributed by atoms with Crippen LogP contribution in [0.2, 0.25) is 0 Å². The van der Waals surface area contributed by atoms with Crippen LogP contribution in [0.4, 0.5) is 0 Å². The van der Waals surface area contributed by atoms with Crippen LogP contribution in [-0.4, -0.2) is 54.4 Å². The maximum absolute atomic E-state index is 13.1. The number of aromatic nitrogens is 2. The first-order chi connectivity index (χ1) is 15.9. The van der Waals surface area contributed by atoms with Crippen LogP contribution in [0.1, 0.15) is 24.8 Å². The number of para-hydroxylation sites is 1. The summed E-state index contributed by atoms with van der Waals surface area (Å²) in [5, 5.41) is 4.78. The van der Waals surface area contributed by atoms with E-state index >= 15 is 0 Å². The van der Waals surface area contributed by atoms with Gasteiger partial charge in [-0.15, -0.1) is 0 Å². The van der Waals surface area contributed by atoms with Gasteiger partial charge in [0, 0.05) is 42.5 Å². The van der Waals surface area contributed by atoms with E-state index in [0.29, 0.717) is 6.54 Å². The van der Waals surface area contributed by atoms with Crippen molar-refractivity contribution in [2.75, 3.05) is 19.3 Å². The van der Waals surface area contributed by atoms with E-state index < -0.39 is 10.0 Å². The van der Waals surface area contributed by atoms with E-state index in [0.717, 1.165) is 48.0 Å². The Morgan fingerprint density at radius 2 is 1.79 bits per heavy atom. The monoisotopic (exact) mass is 464 g/mol. The molecule has 1 unspecified atom stereocenters. The summed E-state index contributed by atoms with van der Waals surface area (Å²) in [7, 11) is -3.30. The lowest BCUT2D eigenvalue weighted by molar-refractivity contribution is -0.129. The average molecular weight is 465 g/mol. The van der Waals surface area contributed by atoms with Gasteiger partial charge >= 0.3 is 0 Å². The topological polar surface area (TPSA) is 84.3 Å². The molecule has 0 saturated carbocycles. The highest BCUT2D eigenvalue weighted by Crippen LogP contribution is 2.25. The number of hydrogen-bond donors (Lipinski definition) is 1. The van der Waals surface area contributed by atoms with Crippen molar-refractivity contribution in [3.63, 3.8) is 0 Å². The number of sulfonamides is 1. The molecule has 172 valence electrons. The van der Waals surface area contributed by atoms with Crippen LogP contribution >= 0.6 is 0 Å². The molecule has 7 nitrogen and oxygen atoms in total. The summed E-state index contributed by atoms with van der Waals surface area (Å²) in [4.78, 5) is 14.8. The summed E-state index contributed by atoms with van der Waals surface area (Å²) in [6, 6.07) is 19.6. The summed E-state index contributed by atoms with van der Waals surface area (Å²) in [6.07, 6.45) is 9.09. The van der Waals surface area contributed by atoms with Crippen molar-refractivity contribution in [2.24, 2.45) is 0 Å². The Bertz CT molecular complexity index is 1220. The van der Waals surface area contributed by atoms with Gasteiger partial charge < -0.3 is 4.90 Å². The minimum Gasteiger partial charge on any atom is -0.335 e. The number of carbonyl (C=O) groups is 1. The second-order valence-corrected chi connectivity index (χ2v) is 10.0. The van der Waals surface area contributed by atoms with Crippen LogP contribution in [0.5, 0.6) is 0 Å². The van der Waals surface area contributed by atoms with Crippen LogP contribution < -0.4 is 4.72 Å². The Labute approximate surface area is 194 Å². The van der Waals surface area contributed by atoms with Gasteiger partial charge in [-0.05, 0) is 37.5 Å². The minimum absolute atomic E-state index is 0.124. The molecule has 2 heterocycles. The van der Waals surface area contributed by atoms with Crippen molar-refractivity contribution < 1.29 is 13.2 Å². The Morgan fingerprint density at radius 1 is 1.09 bits per heavy atom. The zero-order valence-corrected chi connectivity index (χ0v) is 19.4. The van der Waals surface area contributed by atoms with E-state index in [1.165, 1.54) is 0 Å². The van der Waals surface area contributed by atoms with Crippen molar-refractivity contribution >= 4 is 22.0 Å². The van der Waals surface area contributed by atoms with Crippen molar-refractivity contribution in [1.82, 2.24) is 19.4 Å². The van der Waals surface area contributed by atoms with Gasteiger partial charge in [0.1, 0.15) is 0 Å². The summed E-state index contributed by atoms with van der Waals surface area (Å²) in [5.41, 5.74) is 3.52. The molecule has 1 N–H and O–H groups in total. The highest BCUT2D eigenvalue weighted by Gasteiger charge is 2.26. The molecular weight excluding hydrogens is 436 g/mol. The van der Waals surface area contributed by atoms with E-state index in [1.807, 2.05) is 71.5 Å². The summed E-state index contributed by atoms with van der Waals surface area (Å²) in [5.74, 6) is -0.124. The normalized spacial score (nSPS) is 16.9. The van der Waals surface area contributed by atoms with Crippen LogP contribution in [0.3, 0.4) is 0 Å². The van der Waals surface area contributed by atoms with Gasteiger partial charge in [-0.1, -0.05) is 48.5 Å². The van der Waals surface area contributed by atoms with E-state index in [1.54, 1.807) is 17.1 Å². The maximum atomic E-state index is 13.1. The van der Waals surface area contributed by atoms with Gasteiger partial charge in [0.05, 0.1) is 17.6 Å². The van der Waals surface area contributed by atoms with Gasteiger partial charge in [-0.25, -0.2) is 17.8 Å². The van der Waals surface area contributed by atoms with E-state index in [2.05, 4.69) is 4.72 Å². The number of piperidine rings is 1. The molecule has 1 atom stereocenters. The molecule has 2 aromatic carbocycles. The van der Waals surface area contributed by atoms with Crippen LogP contribution in [0, 0.1) is 0 Å². The highest BCUT2D eigenvalue weighted by atomic mass is 32.2. The molecule has 4 rings (SSSR count). The number of rotatable bonds is 7. The van der Waals surface area contributed by atoms with Crippen molar-refractivity contribution in [3.8, 4) is 16.9 Å². The van der Waals surface area contributed by atoms with Crippen LogP contribution in [-0.2, 0) is 14.8 Å². The van der Waals surface area contributed by atoms with E-state index in [4.69, 9.17) is 5.10 Å². The van der Waals surface area contributed by atoms with Crippen molar-refractivity contribution in [1.29, 1.82) is 0 Å². The van der Waals surface area contributed by atoms with Gasteiger partial charge in [0.15, 0.2) is 0 Å². The molecule has 0 aliphatic carbocycles. The molecular formula is C25H28N4O3S. The molecule has 1 aromatic heterocycles. The average Bonchev–Trinajstić information content (AvgIpc) is 3.26. The fraction of sp³-hybridized carbons (Fsp3) is 0.280. The van der Waals surface area contributed by atoms with Crippen molar-refractivity contribution in [3.05, 3.63) is 78.5 Å². The maximum Gasteiger partial charge on any atom is 0.246 e. The molecule has 1 aliphatic rings. The Balaban J connectivity index is 1.60. The van der Waals surface area contributed by atoms with Crippen molar-refractivity contribution in [2.45, 2.75) is 25.3 Å². The highest BCUT2D eigenvalue weighted by molar-refractivity contribution is 7.88. The molecule has 8 heteroatoms. The van der Waals surface area contributed by atoms with Gasteiger partial charge in [-0.2, -0.15) is 5.10 Å². The first-order valence-electron chi connectivity index (χ1n) is 11.0. The SMILES string of the molecule is CS(=O)(=O)NCC1CCCCN1C(=O)/C=C/c1cn(-c2ccccc2)nc1-c1ccccc1. The molecule has 0 radical (unpaired) electrons. The Hall–Kier alpha value is -3.23. The van der Waals surface area contributed by atoms with Gasteiger partial charge in [0.2, 0.25) is 15.9 Å². The third-order valence-electron chi connectivity index (χ3n) is 5.71. The predicted molar refractivity (Wildman–Crippen MR) is 130 cm³/mol. The van der Waals surface area contributed by atoms with Crippen LogP contribution in [0.15, 0.2) is 72.9 Å². The Morgan fingerprint density at radius 3 is 2.48 bits per heavy atom. The number of nitrogens with zero attached hydrogens (tertiary/aromatic N) is 3. The number of hydrogen-bond acceptors (Lipinski definition) is 4. The second-order valence-electron chi connectivity index (χ2n) is 8.21. The molecule has 1 saturated heterocycles. The number of carbonyl (C=O) groups excluding carboxylic acids is 1. The second kappa shape index (κ2) is 10.1. The molecule has 3 aromatic rings. The largest absolute Gasteiger partial charge is 0.335 e. The van der Waals surface area contributed by atoms with E-state index in [9.17, 15) is 13.2 Å². The molecule has 1 aliphatic heterocycles. The third kappa shape index (κ3) is 5.97. The zero-order valence-electron chi connectivity index (χ0n) is 18.6. The molecule has 33 heavy (non-hydrogen) atoms. The third-order valence-corrected chi connectivity index (χ3v) is 6.40. The number of amides is 1. The molecule has 0 spiro atoms. The van der Waals surface area contributed by atoms with Gasteiger partial charge in [-0.3, -0.25) is 4.79 Å². The minimum atomic E-state index is -3.30. The lowest BCUT2D eigenvalue weighted by Crippen LogP contribution is -2.48. The van der Waals surface area contributed by atoms with Gasteiger partial charge in [0.25, 0.3) is 0 Å². The number of likely N-dealkylation sites (tertiary alicyclic amines) is 1.